The topological polar surface area (TPSA) is 110 Å². The first-order chi connectivity index (χ1) is 11.9. The number of hydrogen-bond donors (Lipinski definition) is 3. The fraction of sp³-hybridized carbons (Fsp3) is 0.214. The van der Waals surface area contributed by atoms with Gasteiger partial charge in [0.05, 0.1) is 12.8 Å². The molecule has 0 amide bonds. The standard InChI is InChI=1S/C14H11F4N3O4S/c1-25-11(23)13(24,14(16,17)18)8-9(19)21(12(26)20-10(8)22)7-4-2-3-6(15)5-7/h2-5,24H,19H2,1H3,(H,20,22,26). The number of aliphatic hydroxyl groups is 1. The molecule has 1 heterocycles. The molecule has 0 saturated heterocycles. The molecular weight excluding hydrogens is 382 g/mol. The van der Waals surface area contributed by atoms with Crippen molar-refractivity contribution in [3.05, 3.63) is 50.8 Å². The lowest BCUT2D eigenvalue weighted by Gasteiger charge is -2.29. The number of carbonyl (C=O) groups is 1. The van der Waals surface area contributed by atoms with Gasteiger partial charge >= 0.3 is 12.1 Å². The Morgan fingerprint density at radius 3 is 2.50 bits per heavy atom. The van der Waals surface area contributed by atoms with E-state index in [1.165, 1.54) is 12.1 Å². The number of nitrogens with two attached hydrogens (primary N) is 1. The molecule has 0 bridgehead atoms. The largest absolute Gasteiger partial charge is 0.466 e. The second-order valence-electron chi connectivity index (χ2n) is 5.03. The molecule has 140 valence electrons. The average Bonchev–Trinajstić information content (AvgIpc) is 2.52. The van der Waals surface area contributed by atoms with Crippen LogP contribution in [0.25, 0.3) is 5.69 Å². The highest BCUT2D eigenvalue weighted by molar-refractivity contribution is 7.71. The Balaban J connectivity index is 2.95. The molecule has 0 saturated carbocycles. The number of nitrogens with zero attached hydrogens (tertiary/aromatic N) is 1. The minimum absolute atomic E-state index is 0.139. The Bertz CT molecular complexity index is 985. The molecule has 26 heavy (non-hydrogen) atoms. The molecule has 7 nitrogen and oxygen atoms in total. The van der Waals surface area contributed by atoms with Gasteiger partial charge in [0.1, 0.15) is 17.2 Å². The number of rotatable bonds is 3. The number of aromatic amines is 1. The van der Waals surface area contributed by atoms with E-state index in [9.17, 15) is 32.3 Å². The summed E-state index contributed by atoms with van der Waals surface area (Å²) in [4.78, 5) is 25.6. The predicted molar refractivity (Wildman–Crippen MR) is 83.6 cm³/mol. The molecular formula is C14H11F4N3O4S. The van der Waals surface area contributed by atoms with Crippen molar-refractivity contribution in [1.82, 2.24) is 9.55 Å². The van der Waals surface area contributed by atoms with E-state index >= 15 is 0 Å². The minimum Gasteiger partial charge on any atom is -0.466 e. The molecule has 1 atom stereocenters. The van der Waals surface area contributed by atoms with E-state index in [1.807, 2.05) is 4.98 Å². The van der Waals surface area contributed by atoms with Crippen molar-refractivity contribution in [1.29, 1.82) is 0 Å². The van der Waals surface area contributed by atoms with E-state index in [2.05, 4.69) is 4.74 Å². The molecule has 2 rings (SSSR count). The Morgan fingerprint density at radius 1 is 1.38 bits per heavy atom. The summed E-state index contributed by atoms with van der Waals surface area (Å²) in [6.07, 6.45) is -5.65. The van der Waals surface area contributed by atoms with Crippen molar-refractivity contribution in [3.8, 4) is 5.69 Å². The predicted octanol–water partition coefficient (Wildman–Crippen LogP) is 1.54. The maximum Gasteiger partial charge on any atom is 0.432 e. The van der Waals surface area contributed by atoms with Gasteiger partial charge in [-0.25, -0.2) is 9.18 Å². The molecule has 2 aromatic rings. The lowest BCUT2D eigenvalue weighted by Crippen LogP contribution is -2.53. The van der Waals surface area contributed by atoms with Crippen LogP contribution in [0.3, 0.4) is 0 Å². The van der Waals surface area contributed by atoms with Crippen molar-refractivity contribution >= 4 is 24.0 Å². The van der Waals surface area contributed by atoms with Gasteiger partial charge < -0.3 is 15.6 Å². The van der Waals surface area contributed by atoms with E-state index < -0.39 is 45.3 Å². The van der Waals surface area contributed by atoms with Crippen LogP contribution in [-0.2, 0) is 15.1 Å². The van der Waals surface area contributed by atoms with Crippen LogP contribution >= 0.6 is 12.2 Å². The van der Waals surface area contributed by atoms with Gasteiger partial charge in [-0.1, -0.05) is 6.07 Å². The number of carbonyl (C=O) groups excluding carboxylic acids is 1. The molecule has 1 unspecified atom stereocenters. The zero-order valence-corrected chi connectivity index (χ0v) is 13.7. The van der Waals surface area contributed by atoms with Gasteiger partial charge in [0, 0.05) is 0 Å². The first kappa shape index (κ1) is 19.6. The molecule has 0 fully saturated rings. The van der Waals surface area contributed by atoms with Crippen LogP contribution < -0.4 is 11.3 Å². The van der Waals surface area contributed by atoms with Gasteiger partial charge in [0.15, 0.2) is 4.77 Å². The number of nitrogens with one attached hydrogen (secondary N) is 1. The molecule has 1 aromatic carbocycles. The number of benzene rings is 1. The number of H-pyrrole nitrogens is 1. The second kappa shape index (κ2) is 6.53. The first-order valence-electron chi connectivity index (χ1n) is 6.74. The van der Waals surface area contributed by atoms with Gasteiger partial charge in [0.2, 0.25) is 0 Å². The molecule has 0 aliphatic heterocycles. The SMILES string of the molecule is COC(=O)C(O)(c1c(N)n(-c2cccc(F)c2)c(=S)[nH]c1=O)C(F)(F)F. The fourth-order valence-corrected chi connectivity index (χ4v) is 2.58. The lowest BCUT2D eigenvalue weighted by atomic mass is 9.94. The zero-order chi connectivity index (χ0) is 19.9. The Hall–Kier alpha value is -2.73. The summed E-state index contributed by atoms with van der Waals surface area (Å²) in [5.74, 6) is -3.95. The number of halogens is 4. The van der Waals surface area contributed by atoms with Gasteiger partial charge in [-0.3, -0.25) is 14.3 Å². The maximum absolute atomic E-state index is 13.4. The van der Waals surface area contributed by atoms with Crippen molar-refractivity contribution in [2.45, 2.75) is 11.8 Å². The number of aromatic nitrogens is 2. The third kappa shape index (κ3) is 2.97. The molecule has 0 radical (unpaired) electrons. The number of alkyl halides is 3. The van der Waals surface area contributed by atoms with Gasteiger partial charge in [-0.15, -0.1) is 0 Å². The van der Waals surface area contributed by atoms with Crippen LogP contribution in [0.4, 0.5) is 23.4 Å². The van der Waals surface area contributed by atoms with Crippen molar-refractivity contribution in [2.75, 3.05) is 12.8 Å². The van der Waals surface area contributed by atoms with Crippen LogP contribution in [0.1, 0.15) is 5.56 Å². The summed E-state index contributed by atoms with van der Waals surface area (Å²) < 4.78 is 57.9. The van der Waals surface area contributed by atoms with Crippen LogP contribution in [0.2, 0.25) is 0 Å². The number of ether oxygens (including phenoxy) is 1. The monoisotopic (exact) mass is 393 g/mol. The van der Waals surface area contributed by atoms with Gasteiger partial charge in [-0.2, -0.15) is 13.2 Å². The average molecular weight is 393 g/mol. The van der Waals surface area contributed by atoms with Crippen LogP contribution in [0.15, 0.2) is 29.1 Å². The molecule has 0 aliphatic carbocycles. The van der Waals surface area contributed by atoms with Crippen LogP contribution in [-0.4, -0.2) is 33.9 Å². The number of nitrogen functional groups attached to an aromatic ring is 1. The third-order valence-electron chi connectivity index (χ3n) is 3.47. The molecule has 0 aliphatic rings. The Labute approximate surface area is 147 Å². The number of hydrogen-bond acceptors (Lipinski definition) is 6. The first-order valence-corrected chi connectivity index (χ1v) is 7.14. The summed E-state index contributed by atoms with van der Waals surface area (Å²) in [5.41, 5.74) is -1.97. The summed E-state index contributed by atoms with van der Waals surface area (Å²) in [7, 11) is 0.589. The van der Waals surface area contributed by atoms with Crippen LogP contribution in [0, 0.1) is 10.6 Å². The van der Waals surface area contributed by atoms with E-state index in [0.29, 0.717) is 11.7 Å². The number of methoxy groups -OCH3 is 1. The van der Waals surface area contributed by atoms with Crippen molar-refractivity contribution in [3.63, 3.8) is 0 Å². The lowest BCUT2D eigenvalue weighted by molar-refractivity contribution is -0.267. The quantitative estimate of drug-likeness (QED) is 0.415. The summed E-state index contributed by atoms with van der Waals surface area (Å²) in [6, 6.07) is 4.38. The summed E-state index contributed by atoms with van der Waals surface area (Å²) in [6.45, 7) is 0. The second-order valence-corrected chi connectivity index (χ2v) is 5.42. The highest BCUT2D eigenvalue weighted by Crippen LogP contribution is 2.41. The zero-order valence-electron chi connectivity index (χ0n) is 12.9. The van der Waals surface area contributed by atoms with E-state index in [4.69, 9.17) is 18.0 Å². The molecule has 1 aromatic heterocycles. The van der Waals surface area contributed by atoms with E-state index in [1.54, 1.807) is 0 Å². The Kier molecular flexibility index (Phi) is 4.92. The molecule has 0 spiro atoms. The fourth-order valence-electron chi connectivity index (χ4n) is 2.28. The summed E-state index contributed by atoms with van der Waals surface area (Å²) in [5, 5.41) is 10.0. The molecule has 4 N–H and O–H groups in total. The normalized spacial score (nSPS) is 13.9. The third-order valence-corrected chi connectivity index (χ3v) is 3.75. The van der Waals surface area contributed by atoms with E-state index in [-0.39, 0.29) is 5.69 Å². The number of esters is 1. The van der Waals surface area contributed by atoms with Gasteiger partial charge in [-0.05, 0) is 30.4 Å². The van der Waals surface area contributed by atoms with E-state index in [0.717, 1.165) is 12.1 Å². The van der Waals surface area contributed by atoms with Crippen molar-refractivity contribution < 1.29 is 32.2 Å². The van der Waals surface area contributed by atoms with Crippen molar-refractivity contribution in [2.24, 2.45) is 0 Å². The summed E-state index contributed by atoms with van der Waals surface area (Å²) >= 11 is 4.85. The van der Waals surface area contributed by atoms with Crippen LogP contribution in [0.5, 0.6) is 0 Å². The Morgan fingerprint density at radius 2 is 2.00 bits per heavy atom. The maximum atomic E-state index is 13.4. The number of anilines is 1. The highest BCUT2D eigenvalue weighted by Gasteiger charge is 2.64. The highest BCUT2D eigenvalue weighted by atomic mass is 32.1. The minimum atomic E-state index is -5.65. The smallest absolute Gasteiger partial charge is 0.432 e. The van der Waals surface area contributed by atoms with Gasteiger partial charge in [0.25, 0.3) is 11.2 Å². The molecule has 12 heteroatoms.